The van der Waals surface area contributed by atoms with E-state index in [1.165, 1.54) is 24.6 Å². The molecule has 0 radical (unpaired) electrons. The molecule has 0 saturated heterocycles. The molecule has 1 aliphatic rings. The van der Waals surface area contributed by atoms with Crippen LogP contribution >= 0.6 is 0 Å². The molecule has 0 spiro atoms. The monoisotopic (exact) mass is 334 g/mol. The summed E-state index contributed by atoms with van der Waals surface area (Å²) in [6.45, 7) is 0.891. The zero-order valence-corrected chi connectivity index (χ0v) is 13.8. The van der Waals surface area contributed by atoms with Gasteiger partial charge in [-0.2, -0.15) is 0 Å². The quantitative estimate of drug-likeness (QED) is 0.929. The minimum atomic E-state index is -3.76. The van der Waals surface area contributed by atoms with Gasteiger partial charge in [0.05, 0.1) is 32.1 Å². The fourth-order valence-corrected chi connectivity index (χ4v) is 4.27. The number of benzene rings is 2. The van der Waals surface area contributed by atoms with Crippen LogP contribution in [0.1, 0.15) is 0 Å². The molecule has 0 unspecified atom stereocenters. The summed E-state index contributed by atoms with van der Waals surface area (Å²) in [6, 6.07) is 12.1. The Morgan fingerprint density at radius 1 is 1.09 bits per heavy atom. The zero-order chi connectivity index (χ0) is 16.4. The Kier molecular flexibility index (Phi) is 4.04. The first-order valence-electron chi connectivity index (χ1n) is 7.15. The fourth-order valence-electron chi connectivity index (χ4n) is 2.61. The van der Waals surface area contributed by atoms with Gasteiger partial charge in [0.1, 0.15) is 16.4 Å². The standard InChI is InChI=1S/C16H18N2O4S/c1-21-12-7-8-15(22-2)16(11-12)23(19,20)18-10-9-17-13-5-3-4-6-14(13)18/h3-8,11,17H,9-10H2,1-2H3. The summed E-state index contributed by atoms with van der Waals surface area (Å²) in [7, 11) is -0.813. The second-order valence-electron chi connectivity index (χ2n) is 5.04. The van der Waals surface area contributed by atoms with E-state index >= 15 is 0 Å². The predicted molar refractivity (Wildman–Crippen MR) is 89.0 cm³/mol. The summed E-state index contributed by atoms with van der Waals surface area (Å²) in [5.74, 6) is 0.759. The lowest BCUT2D eigenvalue weighted by Crippen LogP contribution is -2.38. The van der Waals surface area contributed by atoms with E-state index in [1.54, 1.807) is 18.2 Å². The molecule has 0 saturated carbocycles. The molecule has 0 fully saturated rings. The first kappa shape index (κ1) is 15.5. The van der Waals surface area contributed by atoms with Gasteiger partial charge in [-0.15, -0.1) is 0 Å². The molecule has 0 aliphatic carbocycles. The van der Waals surface area contributed by atoms with Gasteiger partial charge >= 0.3 is 0 Å². The molecule has 2 aromatic carbocycles. The van der Waals surface area contributed by atoms with E-state index in [2.05, 4.69) is 5.32 Å². The van der Waals surface area contributed by atoms with E-state index < -0.39 is 10.0 Å². The Bertz CT molecular complexity index is 821. The number of hydrogen-bond donors (Lipinski definition) is 1. The third-order valence-electron chi connectivity index (χ3n) is 3.74. The molecule has 1 aliphatic heterocycles. The molecule has 3 rings (SSSR count). The highest BCUT2D eigenvalue weighted by atomic mass is 32.2. The molecule has 1 N–H and O–H groups in total. The summed E-state index contributed by atoms with van der Waals surface area (Å²) in [4.78, 5) is 0.0936. The molecule has 7 heteroatoms. The van der Waals surface area contributed by atoms with Gasteiger partial charge < -0.3 is 14.8 Å². The van der Waals surface area contributed by atoms with Crippen molar-refractivity contribution in [3.05, 3.63) is 42.5 Å². The van der Waals surface area contributed by atoms with Crippen molar-refractivity contribution in [1.82, 2.24) is 0 Å². The molecule has 6 nitrogen and oxygen atoms in total. The van der Waals surface area contributed by atoms with Crippen LogP contribution < -0.4 is 19.1 Å². The summed E-state index contributed by atoms with van der Waals surface area (Å²) in [5.41, 5.74) is 1.42. The predicted octanol–water partition coefficient (Wildman–Crippen LogP) is 2.32. The van der Waals surface area contributed by atoms with E-state index in [0.717, 1.165) is 5.69 Å². The summed E-state index contributed by atoms with van der Waals surface area (Å²) in [5, 5.41) is 3.21. The van der Waals surface area contributed by atoms with E-state index in [9.17, 15) is 8.42 Å². The van der Waals surface area contributed by atoms with Gasteiger partial charge in [0.25, 0.3) is 10.0 Å². The van der Waals surface area contributed by atoms with Crippen molar-refractivity contribution in [3.63, 3.8) is 0 Å². The average Bonchev–Trinajstić information content (AvgIpc) is 2.60. The van der Waals surface area contributed by atoms with Crippen LogP contribution in [0.4, 0.5) is 11.4 Å². The van der Waals surface area contributed by atoms with Crippen molar-refractivity contribution in [1.29, 1.82) is 0 Å². The Morgan fingerprint density at radius 2 is 1.87 bits per heavy atom. The van der Waals surface area contributed by atoms with Crippen LogP contribution in [0.15, 0.2) is 47.4 Å². The minimum Gasteiger partial charge on any atom is -0.497 e. The second-order valence-corrected chi connectivity index (χ2v) is 6.87. The number of nitrogens with one attached hydrogen (secondary N) is 1. The highest BCUT2D eigenvalue weighted by Crippen LogP contribution is 2.36. The van der Waals surface area contributed by atoms with Crippen LogP contribution in [-0.4, -0.2) is 35.7 Å². The number of methoxy groups -OCH3 is 2. The maximum absolute atomic E-state index is 13.2. The van der Waals surface area contributed by atoms with Crippen molar-refractivity contribution in [2.45, 2.75) is 4.90 Å². The Balaban J connectivity index is 2.13. The average molecular weight is 334 g/mol. The number of rotatable bonds is 4. The van der Waals surface area contributed by atoms with Crippen LogP contribution in [0.2, 0.25) is 0 Å². The van der Waals surface area contributed by atoms with E-state index in [4.69, 9.17) is 9.47 Å². The van der Waals surface area contributed by atoms with Gasteiger partial charge in [-0.3, -0.25) is 4.31 Å². The summed E-state index contributed by atoms with van der Waals surface area (Å²) in [6.07, 6.45) is 0. The van der Waals surface area contributed by atoms with Crippen LogP contribution in [-0.2, 0) is 10.0 Å². The first-order chi connectivity index (χ1) is 11.1. The van der Waals surface area contributed by atoms with Gasteiger partial charge in [0.2, 0.25) is 0 Å². The Morgan fingerprint density at radius 3 is 2.61 bits per heavy atom. The number of nitrogens with zero attached hydrogens (tertiary/aromatic N) is 1. The molecular formula is C16H18N2O4S. The van der Waals surface area contributed by atoms with Crippen LogP contribution in [0.5, 0.6) is 11.5 Å². The number of para-hydroxylation sites is 2. The highest BCUT2D eigenvalue weighted by molar-refractivity contribution is 7.93. The van der Waals surface area contributed by atoms with Gasteiger partial charge in [-0.25, -0.2) is 8.42 Å². The normalized spacial score (nSPS) is 13.9. The molecule has 0 aromatic heterocycles. The fraction of sp³-hybridized carbons (Fsp3) is 0.250. The molecule has 0 amide bonds. The van der Waals surface area contributed by atoms with E-state index in [0.29, 0.717) is 30.3 Å². The highest BCUT2D eigenvalue weighted by Gasteiger charge is 2.31. The van der Waals surface area contributed by atoms with Gasteiger partial charge in [-0.1, -0.05) is 12.1 Å². The molecule has 0 atom stereocenters. The number of sulfonamides is 1. The van der Waals surface area contributed by atoms with Crippen molar-refractivity contribution in [3.8, 4) is 11.5 Å². The smallest absolute Gasteiger partial charge is 0.268 e. The molecule has 1 heterocycles. The molecular weight excluding hydrogens is 316 g/mol. The molecule has 23 heavy (non-hydrogen) atoms. The zero-order valence-electron chi connectivity index (χ0n) is 12.9. The first-order valence-corrected chi connectivity index (χ1v) is 8.59. The number of hydrogen-bond acceptors (Lipinski definition) is 5. The largest absolute Gasteiger partial charge is 0.497 e. The number of anilines is 2. The van der Waals surface area contributed by atoms with Gasteiger partial charge in [0, 0.05) is 12.6 Å². The third kappa shape index (κ3) is 2.68. The van der Waals surface area contributed by atoms with Crippen molar-refractivity contribution < 1.29 is 17.9 Å². The van der Waals surface area contributed by atoms with Crippen molar-refractivity contribution in [2.75, 3.05) is 36.9 Å². The van der Waals surface area contributed by atoms with Crippen molar-refractivity contribution in [2.24, 2.45) is 0 Å². The minimum absolute atomic E-state index is 0.0936. The topological polar surface area (TPSA) is 67.9 Å². The third-order valence-corrected chi connectivity index (χ3v) is 5.58. The molecule has 0 bridgehead atoms. The lowest BCUT2D eigenvalue weighted by molar-refractivity contribution is 0.392. The second kappa shape index (κ2) is 6.00. The van der Waals surface area contributed by atoms with Crippen LogP contribution in [0, 0.1) is 0 Å². The van der Waals surface area contributed by atoms with E-state index in [-0.39, 0.29) is 4.90 Å². The Labute approximate surface area is 135 Å². The summed E-state index contributed by atoms with van der Waals surface area (Å²) >= 11 is 0. The van der Waals surface area contributed by atoms with Crippen molar-refractivity contribution >= 4 is 21.4 Å². The summed E-state index contributed by atoms with van der Waals surface area (Å²) < 4.78 is 38.1. The lowest BCUT2D eigenvalue weighted by Gasteiger charge is -2.31. The Hall–Kier alpha value is -2.41. The van der Waals surface area contributed by atoms with Crippen LogP contribution in [0.25, 0.3) is 0 Å². The number of fused-ring (bicyclic) bond motifs is 1. The molecule has 122 valence electrons. The number of ether oxygens (including phenoxy) is 2. The van der Waals surface area contributed by atoms with E-state index in [1.807, 2.05) is 18.2 Å². The lowest BCUT2D eigenvalue weighted by atomic mass is 10.2. The van der Waals surface area contributed by atoms with Gasteiger partial charge in [-0.05, 0) is 24.3 Å². The maximum atomic E-state index is 13.2. The SMILES string of the molecule is COc1ccc(OC)c(S(=O)(=O)N2CCNc3ccccc32)c1. The molecule has 2 aromatic rings. The maximum Gasteiger partial charge on any atom is 0.268 e. The van der Waals surface area contributed by atoms with Crippen LogP contribution in [0.3, 0.4) is 0 Å². The van der Waals surface area contributed by atoms with Gasteiger partial charge in [0.15, 0.2) is 0 Å².